The molecule has 3 heterocycles. The van der Waals surface area contributed by atoms with Gasteiger partial charge in [-0.3, -0.25) is 0 Å². The Bertz CT molecular complexity index is 869. The van der Waals surface area contributed by atoms with Crippen molar-refractivity contribution in [2.75, 3.05) is 31.1 Å². The molecule has 0 bridgehead atoms. The van der Waals surface area contributed by atoms with Crippen LogP contribution in [-0.2, 0) is 6.18 Å². The lowest BCUT2D eigenvalue weighted by Gasteiger charge is -2.28. The maximum absolute atomic E-state index is 12.9. The van der Waals surface area contributed by atoms with Crippen LogP contribution in [0, 0.1) is 0 Å². The average molecular weight is 353 g/mol. The van der Waals surface area contributed by atoms with Gasteiger partial charge in [-0.05, 0) is 28.6 Å². The number of fused-ring (bicyclic) bond motifs is 3. The van der Waals surface area contributed by atoms with Gasteiger partial charge in [0.15, 0.2) is 5.82 Å². The number of halogens is 3. The molecule has 3 aromatic rings. The summed E-state index contributed by atoms with van der Waals surface area (Å²) in [5, 5.41) is 14.6. The zero-order valence-electron chi connectivity index (χ0n) is 13.9. The van der Waals surface area contributed by atoms with E-state index in [2.05, 4.69) is 25.8 Å². The van der Waals surface area contributed by atoms with Crippen molar-refractivity contribution in [2.24, 2.45) is 0 Å². The van der Waals surface area contributed by atoms with Gasteiger partial charge in [-0.25, -0.2) is 4.98 Å². The Morgan fingerprint density at radius 3 is 2.52 bits per heavy atom. The number of piperazine rings is 1. The summed E-state index contributed by atoms with van der Waals surface area (Å²) < 4.78 is 40.1. The molecule has 1 aromatic carbocycles. The summed E-state index contributed by atoms with van der Waals surface area (Å²) in [4.78, 5) is 6.52. The summed E-state index contributed by atoms with van der Waals surface area (Å²) in [6.45, 7) is 7.09. The van der Waals surface area contributed by atoms with Crippen LogP contribution < -0.4 is 10.2 Å². The molecular formula is C15H18F3N7. The quantitative estimate of drug-likeness (QED) is 0.723. The molecule has 0 amide bonds. The van der Waals surface area contributed by atoms with E-state index < -0.39 is 11.7 Å². The lowest BCUT2D eigenvalue weighted by Crippen LogP contribution is -2.44. The number of hydrogen-bond acceptors (Lipinski definition) is 6. The second-order valence-electron chi connectivity index (χ2n) is 5.29. The van der Waals surface area contributed by atoms with Gasteiger partial charge in [0, 0.05) is 26.2 Å². The standard InChI is InChI=1S/C13H12F3N7.C2H6/c14-13(15,16)8-1-2-9-10(7-8)23-12(19-20-21-23)11(18-9)22-5-3-17-4-6-22;1-2/h1-2,7,17H,3-6H2;1-2H3. The fraction of sp³-hybridized carbons (Fsp3) is 0.467. The van der Waals surface area contributed by atoms with Crippen LogP contribution in [-0.4, -0.2) is 51.2 Å². The highest BCUT2D eigenvalue weighted by Crippen LogP contribution is 2.32. The van der Waals surface area contributed by atoms with Gasteiger partial charge in [0.05, 0.1) is 16.6 Å². The third-order valence-electron chi connectivity index (χ3n) is 3.84. The summed E-state index contributed by atoms with van der Waals surface area (Å²) in [5.41, 5.74) is 0.266. The Labute approximate surface area is 141 Å². The van der Waals surface area contributed by atoms with Gasteiger partial charge in [-0.15, -0.1) is 5.10 Å². The zero-order valence-corrected chi connectivity index (χ0v) is 13.9. The lowest BCUT2D eigenvalue weighted by atomic mass is 10.2. The van der Waals surface area contributed by atoms with Crippen LogP contribution in [0.25, 0.3) is 16.7 Å². The van der Waals surface area contributed by atoms with Gasteiger partial charge in [-0.1, -0.05) is 13.8 Å². The first-order valence-electron chi connectivity index (χ1n) is 8.09. The van der Waals surface area contributed by atoms with Crippen molar-refractivity contribution in [3.05, 3.63) is 23.8 Å². The number of nitrogens with zero attached hydrogens (tertiary/aromatic N) is 6. The number of anilines is 1. The van der Waals surface area contributed by atoms with Crippen molar-refractivity contribution < 1.29 is 13.2 Å². The molecule has 10 heteroatoms. The monoisotopic (exact) mass is 353 g/mol. The predicted molar refractivity (Wildman–Crippen MR) is 87.5 cm³/mol. The van der Waals surface area contributed by atoms with E-state index >= 15 is 0 Å². The number of benzene rings is 1. The van der Waals surface area contributed by atoms with E-state index in [0.29, 0.717) is 17.0 Å². The second kappa shape index (κ2) is 6.79. The fourth-order valence-corrected chi connectivity index (χ4v) is 2.71. The number of tetrazole rings is 1. The molecule has 0 aliphatic carbocycles. The van der Waals surface area contributed by atoms with E-state index in [1.54, 1.807) is 0 Å². The largest absolute Gasteiger partial charge is 0.416 e. The summed E-state index contributed by atoms with van der Waals surface area (Å²) in [5.74, 6) is 0.587. The number of nitrogens with one attached hydrogen (secondary N) is 1. The zero-order chi connectivity index (χ0) is 18.0. The van der Waals surface area contributed by atoms with Crippen molar-refractivity contribution in [2.45, 2.75) is 20.0 Å². The van der Waals surface area contributed by atoms with Crippen molar-refractivity contribution in [1.82, 2.24) is 30.3 Å². The summed E-state index contributed by atoms with van der Waals surface area (Å²) in [7, 11) is 0. The topological polar surface area (TPSA) is 71.2 Å². The number of hydrogen-bond donors (Lipinski definition) is 1. The molecule has 0 spiro atoms. The van der Waals surface area contributed by atoms with E-state index in [1.807, 2.05) is 18.7 Å². The number of alkyl halides is 3. The molecule has 0 saturated carbocycles. The van der Waals surface area contributed by atoms with Crippen molar-refractivity contribution in [3.63, 3.8) is 0 Å². The average Bonchev–Trinajstić information content (AvgIpc) is 3.12. The van der Waals surface area contributed by atoms with Crippen LogP contribution in [0.5, 0.6) is 0 Å². The van der Waals surface area contributed by atoms with Crippen LogP contribution in [0.2, 0.25) is 0 Å². The van der Waals surface area contributed by atoms with Crippen LogP contribution in [0.3, 0.4) is 0 Å². The molecule has 1 aliphatic rings. The number of aromatic nitrogens is 5. The van der Waals surface area contributed by atoms with E-state index in [-0.39, 0.29) is 5.52 Å². The second-order valence-corrected chi connectivity index (χ2v) is 5.29. The molecule has 25 heavy (non-hydrogen) atoms. The first kappa shape index (κ1) is 17.3. The minimum Gasteiger partial charge on any atom is -0.351 e. The normalized spacial score (nSPS) is 15.3. The molecule has 0 unspecified atom stereocenters. The molecule has 134 valence electrons. The van der Waals surface area contributed by atoms with E-state index in [1.165, 1.54) is 10.6 Å². The molecule has 4 rings (SSSR count). The summed E-state index contributed by atoms with van der Waals surface area (Å²) >= 11 is 0. The van der Waals surface area contributed by atoms with Gasteiger partial charge in [0.25, 0.3) is 0 Å². The molecule has 1 N–H and O–H groups in total. The van der Waals surface area contributed by atoms with Crippen molar-refractivity contribution >= 4 is 22.5 Å². The van der Waals surface area contributed by atoms with Gasteiger partial charge in [-0.2, -0.15) is 17.7 Å². The van der Waals surface area contributed by atoms with Gasteiger partial charge in [0.2, 0.25) is 5.65 Å². The highest BCUT2D eigenvalue weighted by molar-refractivity contribution is 5.83. The van der Waals surface area contributed by atoms with Crippen molar-refractivity contribution in [1.29, 1.82) is 0 Å². The molecule has 2 aromatic heterocycles. The Morgan fingerprint density at radius 1 is 1.12 bits per heavy atom. The summed E-state index contributed by atoms with van der Waals surface area (Å²) in [6.07, 6.45) is -4.42. The Kier molecular flexibility index (Phi) is 4.71. The third kappa shape index (κ3) is 3.21. The smallest absolute Gasteiger partial charge is 0.351 e. The highest BCUT2D eigenvalue weighted by Gasteiger charge is 2.31. The molecule has 1 saturated heterocycles. The lowest BCUT2D eigenvalue weighted by molar-refractivity contribution is -0.137. The van der Waals surface area contributed by atoms with Crippen LogP contribution in [0.15, 0.2) is 18.2 Å². The minimum atomic E-state index is -4.42. The maximum atomic E-state index is 12.9. The first-order chi connectivity index (χ1) is 12.0. The van der Waals surface area contributed by atoms with Crippen molar-refractivity contribution in [3.8, 4) is 0 Å². The maximum Gasteiger partial charge on any atom is 0.416 e. The Morgan fingerprint density at radius 2 is 1.84 bits per heavy atom. The molecule has 0 atom stereocenters. The van der Waals surface area contributed by atoms with E-state index in [9.17, 15) is 13.2 Å². The SMILES string of the molecule is CC.FC(F)(F)c1ccc2nc(N3CCNCC3)c3nnnn3c2c1. The van der Waals surface area contributed by atoms with Crippen LogP contribution >= 0.6 is 0 Å². The van der Waals surface area contributed by atoms with Gasteiger partial charge >= 0.3 is 6.18 Å². The Balaban J connectivity index is 0.000000880. The number of rotatable bonds is 1. The molecule has 1 aliphatic heterocycles. The molecule has 7 nitrogen and oxygen atoms in total. The third-order valence-corrected chi connectivity index (χ3v) is 3.84. The van der Waals surface area contributed by atoms with E-state index in [4.69, 9.17) is 0 Å². The first-order valence-corrected chi connectivity index (χ1v) is 8.09. The Hall–Kier alpha value is -2.49. The van der Waals surface area contributed by atoms with Gasteiger partial charge in [0.1, 0.15) is 0 Å². The van der Waals surface area contributed by atoms with Crippen LogP contribution in [0.1, 0.15) is 19.4 Å². The minimum absolute atomic E-state index is 0.235. The summed E-state index contributed by atoms with van der Waals surface area (Å²) in [6, 6.07) is 3.39. The van der Waals surface area contributed by atoms with Crippen LogP contribution in [0.4, 0.5) is 19.0 Å². The molecule has 0 radical (unpaired) electrons. The van der Waals surface area contributed by atoms with E-state index in [0.717, 1.165) is 38.3 Å². The highest BCUT2D eigenvalue weighted by atomic mass is 19.4. The van der Waals surface area contributed by atoms with Gasteiger partial charge < -0.3 is 10.2 Å². The fourth-order valence-electron chi connectivity index (χ4n) is 2.71. The molecular weight excluding hydrogens is 335 g/mol. The molecule has 1 fully saturated rings. The predicted octanol–water partition coefficient (Wildman–Crippen LogP) is 2.13.